The van der Waals surface area contributed by atoms with Crippen molar-refractivity contribution in [3.05, 3.63) is 56.6 Å². The van der Waals surface area contributed by atoms with Crippen molar-refractivity contribution >= 4 is 37.5 Å². The summed E-state index contributed by atoms with van der Waals surface area (Å²) in [6.45, 7) is 10.3. The van der Waals surface area contributed by atoms with Crippen molar-refractivity contribution in [2.75, 3.05) is 18.4 Å². The van der Waals surface area contributed by atoms with Crippen molar-refractivity contribution < 1.29 is 13.2 Å². The van der Waals surface area contributed by atoms with Gasteiger partial charge >= 0.3 is 0 Å². The molecule has 1 saturated heterocycles. The molecule has 0 aliphatic carbocycles. The third-order valence-electron chi connectivity index (χ3n) is 5.77. The Balaban J connectivity index is 1.71. The van der Waals surface area contributed by atoms with E-state index in [1.54, 1.807) is 0 Å². The van der Waals surface area contributed by atoms with E-state index in [9.17, 15) is 13.2 Å². The summed E-state index contributed by atoms with van der Waals surface area (Å²) >= 11 is 3.47. The molecule has 2 aromatic rings. The molecule has 162 valence electrons. The number of nitrogens with zero attached hydrogens (tertiary/aromatic N) is 1. The second-order valence-corrected chi connectivity index (χ2v) is 11.1. The van der Waals surface area contributed by atoms with E-state index in [0.717, 1.165) is 38.0 Å². The number of hydrogen-bond donors (Lipinski definition) is 1. The van der Waals surface area contributed by atoms with Crippen LogP contribution in [0.5, 0.6) is 0 Å². The summed E-state index contributed by atoms with van der Waals surface area (Å²) in [5, 5.41) is 3.06. The molecule has 1 heterocycles. The number of rotatable bonds is 4. The maximum absolute atomic E-state index is 13.2. The minimum Gasteiger partial charge on any atom is -0.325 e. The largest absolute Gasteiger partial charge is 0.325 e. The van der Waals surface area contributed by atoms with Gasteiger partial charge in [0.25, 0.3) is 0 Å². The summed E-state index contributed by atoms with van der Waals surface area (Å²) in [5.74, 6) is -0.234. The first-order valence-electron chi connectivity index (χ1n) is 10.2. The topological polar surface area (TPSA) is 66.5 Å². The zero-order chi connectivity index (χ0) is 22.2. The van der Waals surface area contributed by atoms with Crippen LogP contribution in [0, 0.1) is 40.5 Å². The van der Waals surface area contributed by atoms with Crippen LogP contribution in [0.15, 0.2) is 33.6 Å². The molecule has 1 aliphatic rings. The van der Waals surface area contributed by atoms with Gasteiger partial charge in [-0.25, -0.2) is 8.42 Å². The summed E-state index contributed by atoms with van der Waals surface area (Å²) in [7, 11) is -3.57. The van der Waals surface area contributed by atoms with Crippen molar-refractivity contribution in [2.45, 2.75) is 52.4 Å². The van der Waals surface area contributed by atoms with Crippen LogP contribution in [0.3, 0.4) is 0 Å². The fraction of sp³-hybridized carbons (Fsp3) is 0.435. The Morgan fingerprint density at radius 2 is 1.43 bits per heavy atom. The van der Waals surface area contributed by atoms with Crippen LogP contribution in [0.4, 0.5) is 5.69 Å². The highest BCUT2D eigenvalue weighted by molar-refractivity contribution is 9.10. The maximum atomic E-state index is 13.2. The molecule has 0 atom stereocenters. The van der Waals surface area contributed by atoms with E-state index in [-0.39, 0.29) is 11.8 Å². The van der Waals surface area contributed by atoms with Crippen molar-refractivity contribution in [1.29, 1.82) is 0 Å². The van der Waals surface area contributed by atoms with Crippen LogP contribution in [0.2, 0.25) is 0 Å². The molecule has 2 aromatic carbocycles. The highest BCUT2D eigenvalue weighted by Crippen LogP contribution is 2.30. The fourth-order valence-corrected chi connectivity index (χ4v) is 6.96. The number of benzene rings is 2. The van der Waals surface area contributed by atoms with E-state index in [0.29, 0.717) is 30.8 Å². The number of amides is 1. The lowest BCUT2D eigenvalue weighted by Crippen LogP contribution is -2.41. The molecular formula is C23H29BrN2O3S. The van der Waals surface area contributed by atoms with Gasteiger partial charge in [-0.05, 0) is 81.8 Å². The molecule has 30 heavy (non-hydrogen) atoms. The molecular weight excluding hydrogens is 464 g/mol. The number of piperidine rings is 1. The van der Waals surface area contributed by atoms with Gasteiger partial charge in [0.05, 0.1) is 4.90 Å². The monoisotopic (exact) mass is 492 g/mol. The van der Waals surface area contributed by atoms with E-state index in [2.05, 4.69) is 21.2 Å². The molecule has 1 amide bonds. The van der Waals surface area contributed by atoms with Gasteiger partial charge in [-0.1, -0.05) is 33.6 Å². The van der Waals surface area contributed by atoms with Crippen molar-refractivity contribution in [3.63, 3.8) is 0 Å². The molecule has 0 saturated carbocycles. The van der Waals surface area contributed by atoms with Crippen LogP contribution in [0.1, 0.15) is 40.7 Å². The third-order valence-corrected chi connectivity index (χ3v) is 8.44. The summed E-state index contributed by atoms with van der Waals surface area (Å²) in [6, 6.07) is 7.76. The first-order chi connectivity index (χ1) is 14.0. The number of halogens is 1. The molecule has 1 aliphatic heterocycles. The predicted molar refractivity (Wildman–Crippen MR) is 124 cm³/mol. The third kappa shape index (κ3) is 4.63. The molecule has 5 nitrogen and oxygen atoms in total. The lowest BCUT2D eigenvalue weighted by Gasteiger charge is -2.31. The van der Waals surface area contributed by atoms with Crippen LogP contribution >= 0.6 is 15.9 Å². The molecule has 0 spiro atoms. The Hall–Kier alpha value is -1.70. The summed E-state index contributed by atoms with van der Waals surface area (Å²) < 4.78 is 29.0. The first kappa shape index (κ1) is 23.0. The number of carbonyl (C=O) groups excluding carboxylic acids is 1. The van der Waals surface area contributed by atoms with E-state index < -0.39 is 10.0 Å². The average Bonchev–Trinajstić information content (AvgIpc) is 2.63. The van der Waals surface area contributed by atoms with E-state index in [1.807, 2.05) is 58.9 Å². The van der Waals surface area contributed by atoms with Crippen molar-refractivity contribution in [3.8, 4) is 0 Å². The normalized spacial score (nSPS) is 15.9. The smallest absolute Gasteiger partial charge is 0.243 e. The molecule has 0 bridgehead atoms. The van der Waals surface area contributed by atoms with Crippen LogP contribution < -0.4 is 5.32 Å². The number of aryl methyl sites for hydroxylation is 5. The summed E-state index contributed by atoms with van der Waals surface area (Å²) in [4.78, 5) is 13.2. The lowest BCUT2D eigenvalue weighted by atomic mass is 9.96. The Bertz CT molecular complexity index is 1040. The summed E-state index contributed by atoms with van der Waals surface area (Å²) in [5.41, 5.74) is 5.44. The van der Waals surface area contributed by atoms with Crippen molar-refractivity contribution in [2.24, 2.45) is 5.92 Å². The number of carbonyl (C=O) groups is 1. The van der Waals surface area contributed by atoms with E-state index in [1.165, 1.54) is 4.31 Å². The Morgan fingerprint density at radius 3 is 1.93 bits per heavy atom. The second kappa shape index (κ2) is 8.81. The predicted octanol–water partition coefficient (Wildman–Crippen LogP) is 5.03. The second-order valence-electron chi connectivity index (χ2n) is 8.31. The SMILES string of the molecule is Cc1cc(C)c(S(=O)(=O)N2CCC(C(=O)Nc3c(C)cc(Br)cc3C)CC2)c(C)c1. The molecule has 7 heteroatoms. The number of anilines is 1. The molecule has 1 fully saturated rings. The van der Waals surface area contributed by atoms with E-state index >= 15 is 0 Å². The molecule has 3 rings (SSSR count). The van der Waals surface area contributed by atoms with Gasteiger partial charge in [0.2, 0.25) is 15.9 Å². The quantitative estimate of drug-likeness (QED) is 0.650. The lowest BCUT2D eigenvalue weighted by molar-refractivity contribution is -0.120. The van der Waals surface area contributed by atoms with Gasteiger partial charge in [0.1, 0.15) is 0 Å². The minimum atomic E-state index is -3.57. The number of nitrogens with one attached hydrogen (secondary N) is 1. The standard InChI is InChI=1S/C23H29BrN2O3S/c1-14-10-17(4)22(18(5)11-14)30(28,29)26-8-6-19(7-9-26)23(27)25-21-15(2)12-20(24)13-16(21)3/h10-13,19H,6-9H2,1-5H3,(H,25,27). The zero-order valence-electron chi connectivity index (χ0n) is 18.2. The molecule has 1 N–H and O–H groups in total. The fourth-order valence-electron chi connectivity index (χ4n) is 4.39. The summed E-state index contributed by atoms with van der Waals surface area (Å²) in [6.07, 6.45) is 1.04. The van der Waals surface area contributed by atoms with Crippen LogP contribution in [-0.2, 0) is 14.8 Å². The van der Waals surface area contributed by atoms with Gasteiger partial charge in [0.15, 0.2) is 0 Å². The molecule has 0 unspecified atom stereocenters. The number of hydrogen-bond acceptors (Lipinski definition) is 3. The van der Waals surface area contributed by atoms with Crippen LogP contribution in [0.25, 0.3) is 0 Å². The van der Waals surface area contributed by atoms with Gasteiger partial charge in [0, 0.05) is 29.2 Å². The molecule has 0 aromatic heterocycles. The highest BCUT2D eigenvalue weighted by atomic mass is 79.9. The first-order valence-corrected chi connectivity index (χ1v) is 12.4. The van der Waals surface area contributed by atoms with E-state index in [4.69, 9.17) is 0 Å². The minimum absolute atomic E-state index is 0.0386. The Labute approximate surface area is 188 Å². The van der Waals surface area contributed by atoms with Crippen molar-refractivity contribution in [1.82, 2.24) is 4.31 Å². The maximum Gasteiger partial charge on any atom is 0.243 e. The number of sulfonamides is 1. The highest BCUT2D eigenvalue weighted by Gasteiger charge is 2.34. The van der Waals surface area contributed by atoms with Crippen LogP contribution in [-0.4, -0.2) is 31.7 Å². The van der Waals surface area contributed by atoms with Gasteiger partial charge in [-0.15, -0.1) is 0 Å². The molecule has 0 radical (unpaired) electrons. The Morgan fingerprint density at radius 1 is 0.933 bits per heavy atom. The van der Waals surface area contributed by atoms with Gasteiger partial charge < -0.3 is 5.32 Å². The average molecular weight is 493 g/mol. The Kier molecular flexibility index (Phi) is 6.75. The zero-order valence-corrected chi connectivity index (χ0v) is 20.6. The van der Waals surface area contributed by atoms with Gasteiger partial charge in [-0.2, -0.15) is 4.31 Å². The van der Waals surface area contributed by atoms with Gasteiger partial charge in [-0.3, -0.25) is 4.79 Å².